The fourth-order valence-corrected chi connectivity index (χ4v) is 5.91. The number of hydrogen-bond acceptors (Lipinski definition) is 4. The van der Waals surface area contributed by atoms with Gasteiger partial charge in [-0.05, 0) is 37.1 Å². The zero-order valence-electron chi connectivity index (χ0n) is 14.9. The Morgan fingerprint density at radius 1 is 1.27 bits per heavy atom. The van der Waals surface area contributed by atoms with E-state index >= 15 is 0 Å². The van der Waals surface area contributed by atoms with Crippen molar-refractivity contribution in [3.8, 4) is 0 Å². The maximum atomic E-state index is 13.4. The van der Waals surface area contributed by atoms with Gasteiger partial charge >= 0.3 is 0 Å². The molecule has 0 spiro atoms. The third-order valence-corrected chi connectivity index (χ3v) is 7.72. The van der Waals surface area contributed by atoms with Crippen LogP contribution in [0.3, 0.4) is 0 Å². The Balaban J connectivity index is 1.93. The Kier molecular flexibility index (Phi) is 5.12. The number of carbonyl (C=O) groups is 1. The van der Waals surface area contributed by atoms with E-state index in [1.54, 1.807) is 37.1 Å². The summed E-state index contributed by atoms with van der Waals surface area (Å²) in [5.74, 6) is -0.353. The topological polar surface area (TPSA) is 72.3 Å². The minimum absolute atomic E-state index is 0.145. The smallest absolute Gasteiger partial charge is 0.244 e. The summed E-state index contributed by atoms with van der Waals surface area (Å²) in [5.41, 5.74) is 0.861. The van der Waals surface area contributed by atoms with Gasteiger partial charge in [0.05, 0.1) is 11.1 Å². The van der Waals surface area contributed by atoms with Crippen LogP contribution >= 0.6 is 11.6 Å². The van der Waals surface area contributed by atoms with Crippen LogP contribution < -0.4 is 0 Å². The average Bonchev–Trinajstić information content (AvgIpc) is 3.24. The molecule has 0 atom stereocenters. The lowest BCUT2D eigenvalue weighted by atomic mass is 10.1. The molecule has 1 aliphatic carbocycles. The number of sulfone groups is 1. The van der Waals surface area contributed by atoms with Crippen molar-refractivity contribution in [2.24, 2.45) is 7.05 Å². The van der Waals surface area contributed by atoms with Crippen LogP contribution in [0.25, 0.3) is 0 Å². The third kappa shape index (κ3) is 3.25. The van der Waals surface area contributed by atoms with Gasteiger partial charge in [-0.2, -0.15) is 5.10 Å². The molecule has 0 bridgehead atoms. The average molecular weight is 396 g/mol. The van der Waals surface area contributed by atoms with Gasteiger partial charge in [-0.3, -0.25) is 9.48 Å². The van der Waals surface area contributed by atoms with Gasteiger partial charge in [0.25, 0.3) is 0 Å². The van der Waals surface area contributed by atoms with Crippen LogP contribution in [0.2, 0.25) is 5.02 Å². The summed E-state index contributed by atoms with van der Waals surface area (Å²) < 4.78 is 27.0. The van der Waals surface area contributed by atoms with Gasteiger partial charge in [0.1, 0.15) is 0 Å². The summed E-state index contributed by atoms with van der Waals surface area (Å²) in [7, 11) is -0.373. The first-order chi connectivity index (χ1) is 12.3. The summed E-state index contributed by atoms with van der Waals surface area (Å²) in [6.45, 7) is 0.324. The number of aromatic nitrogens is 2. The van der Waals surface area contributed by atoms with Crippen molar-refractivity contribution in [2.45, 2.75) is 41.9 Å². The molecule has 6 nitrogen and oxygen atoms in total. The van der Waals surface area contributed by atoms with Gasteiger partial charge < -0.3 is 4.90 Å². The lowest BCUT2D eigenvalue weighted by Crippen LogP contribution is -2.50. The number of rotatable bonds is 5. The zero-order chi connectivity index (χ0) is 18.9. The Bertz CT molecular complexity index is 900. The molecule has 1 aromatic carbocycles. The summed E-state index contributed by atoms with van der Waals surface area (Å²) in [6.07, 6.45) is 5.62. The maximum absolute atomic E-state index is 13.4. The second-order valence-corrected chi connectivity index (χ2v) is 9.54. The zero-order valence-corrected chi connectivity index (χ0v) is 16.4. The summed E-state index contributed by atoms with van der Waals surface area (Å²) in [5, 5.41) is 4.56. The quantitative estimate of drug-likeness (QED) is 0.780. The Morgan fingerprint density at radius 2 is 1.88 bits per heavy atom. The molecule has 1 aliphatic rings. The van der Waals surface area contributed by atoms with Gasteiger partial charge in [0, 0.05) is 37.4 Å². The van der Waals surface area contributed by atoms with Crippen molar-refractivity contribution in [3.63, 3.8) is 0 Å². The fraction of sp³-hybridized carbons (Fsp3) is 0.444. The molecule has 8 heteroatoms. The molecule has 1 saturated carbocycles. The van der Waals surface area contributed by atoms with E-state index < -0.39 is 14.6 Å². The Hall–Kier alpha value is -1.86. The molecule has 3 rings (SSSR count). The predicted molar refractivity (Wildman–Crippen MR) is 99.5 cm³/mol. The standard InChI is InChI=1S/C18H22ClN3O3S/c1-21(12-14-11-20-22(2)13-14)17(23)18(9-3-4-10-18)26(24,25)16-7-5-15(19)6-8-16/h5-8,11,13H,3-4,9-10,12H2,1-2H3. The number of halogens is 1. The van der Waals surface area contributed by atoms with Crippen molar-refractivity contribution in [1.82, 2.24) is 14.7 Å². The van der Waals surface area contributed by atoms with Gasteiger partial charge in [0.2, 0.25) is 5.91 Å². The Morgan fingerprint density at radius 3 is 2.42 bits per heavy atom. The second kappa shape index (κ2) is 7.04. The summed E-state index contributed by atoms with van der Waals surface area (Å²) in [4.78, 5) is 14.9. The van der Waals surface area contributed by atoms with Crippen LogP contribution in [0.15, 0.2) is 41.6 Å². The maximum Gasteiger partial charge on any atom is 0.244 e. The molecule has 0 saturated heterocycles. The van der Waals surface area contributed by atoms with Crippen molar-refractivity contribution in [1.29, 1.82) is 0 Å². The highest BCUT2D eigenvalue weighted by molar-refractivity contribution is 7.93. The van der Waals surface area contributed by atoms with Gasteiger partial charge in [-0.25, -0.2) is 8.42 Å². The molecule has 0 unspecified atom stereocenters. The molecule has 1 aromatic heterocycles. The highest BCUT2D eigenvalue weighted by Gasteiger charge is 2.53. The number of aryl methyl sites for hydroxylation is 1. The van der Waals surface area contributed by atoms with Crippen molar-refractivity contribution >= 4 is 27.3 Å². The van der Waals surface area contributed by atoms with Crippen LogP contribution in [0.4, 0.5) is 0 Å². The molecule has 0 N–H and O–H groups in total. The van der Waals surface area contributed by atoms with E-state index in [1.807, 2.05) is 6.20 Å². The van der Waals surface area contributed by atoms with Crippen LogP contribution in [-0.2, 0) is 28.2 Å². The van der Waals surface area contributed by atoms with Gasteiger partial charge in [-0.1, -0.05) is 24.4 Å². The number of hydrogen-bond donors (Lipinski definition) is 0. The largest absolute Gasteiger partial charge is 0.340 e. The van der Waals surface area contributed by atoms with Crippen LogP contribution in [-0.4, -0.2) is 40.8 Å². The minimum Gasteiger partial charge on any atom is -0.340 e. The molecule has 0 aliphatic heterocycles. The van der Waals surface area contributed by atoms with Crippen LogP contribution in [0.5, 0.6) is 0 Å². The van der Waals surface area contributed by atoms with Gasteiger partial charge in [-0.15, -0.1) is 0 Å². The summed E-state index contributed by atoms with van der Waals surface area (Å²) in [6, 6.07) is 6.04. The van der Waals surface area contributed by atoms with E-state index in [4.69, 9.17) is 11.6 Å². The molecule has 140 valence electrons. The fourth-order valence-electron chi connectivity index (χ4n) is 3.63. The van der Waals surface area contributed by atoms with E-state index in [1.165, 1.54) is 17.0 Å². The molecule has 1 fully saturated rings. The first kappa shape index (κ1) is 18.9. The normalized spacial score (nSPS) is 16.6. The van der Waals surface area contributed by atoms with Crippen molar-refractivity contribution in [3.05, 3.63) is 47.2 Å². The Labute approximate surface area is 158 Å². The minimum atomic E-state index is -3.82. The molecule has 2 aromatic rings. The molecule has 1 amide bonds. The molecular weight excluding hydrogens is 374 g/mol. The van der Waals surface area contributed by atoms with Gasteiger partial charge in [0.15, 0.2) is 14.6 Å². The third-order valence-electron chi connectivity index (χ3n) is 4.96. The van der Waals surface area contributed by atoms with E-state index in [2.05, 4.69) is 5.10 Å². The highest BCUT2D eigenvalue weighted by Crippen LogP contribution is 2.42. The molecule has 0 radical (unpaired) electrons. The summed E-state index contributed by atoms with van der Waals surface area (Å²) >= 11 is 5.88. The molecule has 26 heavy (non-hydrogen) atoms. The van der Waals surface area contributed by atoms with Crippen molar-refractivity contribution < 1.29 is 13.2 Å². The number of benzene rings is 1. The SMILES string of the molecule is CN(Cc1cnn(C)c1)C(=O)C1(S(=O)(=O)c2ccc(Cl)cc2)CCCC1. The first-order valence-corrected chi connectivity index (χ1v) is 10.4. The second-order valence-electron chi connectivity index (χ2n) is 6.84. The predicted octanol–water partition coefficient (Wildman–Crippen LogP) is 2.82. The number of amides is 1. The van der Waals surface area contributed by atoms with Crippen LogP contribution in [0, 0.1) is 0 Å². The van der Waals surface area contributed by atoms with E-state index in [-0.39, 0.29) is 10.8 Å². The first-order valence-electron chi connectivity index (χ1n) is 8.49. The van der Waals surface area contributed by atoms with E-state index in [0.29, 0.717) is 24.4 Å². The number of nitrogens with zero attached hydrogens (tertiary/aromatic N) is 3. The lowest BCUT2D eigenvalue weighted by Gasteiger charge is -2.32. The van der Waals surface area contributed by atoms with E-state index in [0.717, 1.165) is 18.4 Å². The lowest BCUT2D eigenvalue weighted by molar-refractivity contribution is -0.133. The molecule has 1 heterocycles. The molecular formula is C18H22ClN3O3S. The highest BCUT2D eigenvalue weighted by atomic mass is 35.5. The van der Waals surface area contributed by atoms with Crippen molar-refractivity contribution in [2.75, 3.05) is 7.05 Å². The van der Waals surface area contributed by atoms with E-state index in [9.17, 15) is 13.2 Å². The number of carbonyl (C=O) groups excluding carboxylic acids is 1. The van der Waals surface area contributed by atoms with Crippen LogP contribution in [0.1, 0.15) is 31.2 Å². The monoisotopic (exact) mass is 395 g/mol.